The minimum absolute atomic E-state index is 0.332. The van der Waals surface area contributed by atoms with Gasteiger partial charge in [0.15, 0.2) is 0 Å². The van der Waals surface area contributed by atoms with Crippen LogP contribution in [0.3, 0.4) is 0 Å². The largest absolute Gasteiger partial charge is 0.487 e. The zero-order chi connectivity index (χ0) is 17.9. The number of fused-ring (bicyclic) bond motifs is 1. The van der Waals surface area contributed by atoms with E-state index >= 15 is 0 Å². The highest BCUT2D eigenvalue weighted by Gasteiger charge is 2.07. The molecule has 0 saturated heterocycles. The molecule has 0 bridgehead atoms. The fourth-order valence-corrected chi connectivity index (χ4v) is 2.95. The molecular formula is C18H12BFN4OS. The number of nitrogens with one attached hydrogen (secondary N) is 1. The smallest absolute Gasteiger partial charge is 0.227 e. The molecule has 26 heavy (non-hydrogen) atoms. The molecule has 1 N–H and O–H groups in total. The molecular weight excluding hydrogens is 350 g/mol. The molecule has 2 aromatic carbocycles. The van der Waals surface area contributed by atoms with Crippen LogP contribution in [0, 0.1) is 5.82 Å². The van der Waals surface area contributed by atoms with Gasteiger partial charge >= 0.3 is 0 Å². The molecule has 0 aliphatic rings. The van der Waals surface area contributed by atoms with E-state index in [1.54, 1.807) is 36.7 Å². The fraction of sp³-hybridized carbons (Fsp3) is 0.0556. The summed E-state index contributed by atoms with van der Waals surface area (Å²) >= 11 is 1.51. The highest BCUT2D eigenvalue weighted by atomic mass is 32.1. The maximum atomic E-state index is 13.3. The van der Waals surface area contributed by atoms with Crippen molar-refractivity contribution in [1.29, 1.82) is 0 Å². The summed E-state index contributed by atoms with van der Waals surface area (Å²) in [5.74, 6) is 0.559. The normalized spacial score (nSPS) is 10.8. The van der Waals surface area contributed by atoms with Crippen LogP contribution in [-0.4, -0.2) is 22.8 Å². The summed E-state index contributed by atoms with van der Waals surface area (Å²) in [7, 11) is 6.05. The molecule has 2 aromatic heterocycles. The van der Waals surface area contributed by atoms with Crippen LogP contribution in [0.25, 0.3) is 10.9 Å². The number of aromatic nitrogens is 3. The lowest BCUT2D eigenvalue weighted by atomic mass is 9.93. The highest BCUT2D eigenvalue weighted by Crippen LogP contribution is 2.21. The number of rotatable bonds is 5. The Hall–Kier alpha value is -3.00. The summed E-state index contributed by atoms with van der Waals surface area (Å²) in [5, 5.41) is 6.52. The molecule has 5 nitrogen and oxygen atoms in total. The molecule has 0 fully saturated rings. The number of thiazole rings is 1. The topological polar surface area (TPSA) is 59.9 Å². The quantitative estimate of drug-likeness (QED) is 0.552. The molecule has 0 aliphatic heterocycles. The van der Waals surface area contributed by atoms with Gasteiger partial charge in [0.25, 0.3) is 0 Å². The number of nitrogens with zero attached hydrogens (tertiary/aromatic N) is 3. The second-order valence-corrected chi connectivity index (χ2v) is 6.47. The van der Waals surface area contributed by atoms with Crippen molar-refractivity contribution in [2.24, 2.45) is 0 Å². The number of halogens is 1. The first-order valence-corrected chi connectivity index (χ1v) is 8.65. The second-order valence-electron chi connectivity index (χ2n) is 5.49. The molecule has 4 rings (SSSR count). The third-order valence-electron chi connectivity index (χ3n) is 3.63. The van der Waals surface area contributed by atoms with E-state index in [4.69, 9.17) is 12.6 Å². The van der Waals surface area contributed by atoms with Crippen LogP contribution in [-0.2, 0) is 6.61 Å². The first kappa shape index (κ1) is 16.5. The van der Waals surface area contributed by atoms with E-state index in [2.05, 4.69) is 20.3 Å². The monoisotopic (exact) mass is 362 g/mol. The molecule has 2 heterocycles. The van der Waals surface area contributed by atoms with Crippen molar-refractivity contribution in [3.63, 3.8) is 0 Å². The Morgan fingerprint density at radius 1 is 1.19 bits per heavy atom. The second kappa shape index (κ2) is 7.09. The lowest BCUT2D eigenvalue weighted by molar-refractivity contribution is 0.308. The summed E-state index contributed by atoms with van der Waals surface area (Å²) < 4.78 is 19.1. The van der Waals surface area contributed by atoms with Gasteiger partial charge in [0.1, 0.15) is 31.0 Å². The maximum Gasteiger partial charge on any atom is 0.227 e. The van der Waals surface area contributed by atoms with Gasteiger partial charge in [0.2, 0.25) is 5.95 Å². The van der Waals surface area contributed by atoms with Gasteiger partial charge in [-0.15, -0.1) is 11.3 Å². The Morgan fingerprint density at radius 3 is 2.92 bits per heavy atom. The van der Waals surface area contributed by atoms with Gasteiger partial charge < -0.3 is 10.1 Å². The average Bonchev–Trinajstić information content (AvgIpc) is 3.14. The number of ether oxygens (including phenoxy) is 1. The number of hydrogen-bond acceptors (Lipinski definition) is 6. The molecule has 0 amide bonds. The number of anilines is 2. The van der Waals surface area contributed by atoms with Gasteiger partial charge in [-0.2, -0.15) is 0 Å². The SMILES string of the molecule is [B]c1cc2cnc(Nc3cccc(F)c3)nc2cc1OCc1nccs1. The Bertz CT molecular complexity index is 1060. The predicted molar refractivity (Wildman–Crippen MR) is 101 cm³/mol. The fourth-order valence-electron chi connectivity index (χ4n) is 2.42. The Morgan fingerprint density at radius 2 is 2.12 bits per heavy atom. The van der Waals surface area contributed by atoms with Crippen LogP contribution in [0.4, 0.5) is 16.0 Å². The third-order valence-corrected chi connectivity index (χ3v) is 4.38. The Kier molecular flexibility index (Phi) is 4.49. The van der Waals surface area contributed by atoms with E-state index in [9.17, 15) is 4.39 Å². The van der Waals surface area contributed by atoms with Crippen molar-refractivity contribution < 1.29 is 9.13 Å². The molecule has 8 heteroatoms. The molecule has 4 aromatic rings. The first-order valence-electron chi connectivity index (χ1n) is 7.77. The van der Waals surface area contributed by atoms with Gasteiger partial charge in [-0.3, -0.25) is 0 Å². The molecule has 0 atom stereocenters. The third kappa shape index (κ3) is 3.65. The molecule has 0 saturated carbocycles. The Balaban J connectivity index is 1.60. The zero-order valence-corrected chi connectivity index (χ0v) is 14.3. The van der Waals surface area contributed by atoms with Crippen LogP contribution in [0.15, 0.2) is 54.2 Å². The van der Waals surface area contributed by atoms with Crippen molar-refractivity contribution in [1.82, 2.24) is 15.0 Å². The van der Waals surface area contributed by atoms with Gasteiger partial charge in [0.05, 0.1) is 5.52 Å². The lowest BCUT2D eigenvalue weighted by Gasteiger charge is -2.11. The van der Waals surface area contributed by atoms with E-state index in [0.717, 1.165) is 10.4 Å². The predicted octanol–water partition coefficient (Wildman–Crippen LogP) is 3.34. The van der Waals surface area contributed by atoms with E-state index in [1.807, 2.05) is 5.38 Å². The van der Waals surface area contributed by atoms with Crippen LogP contribution in [0.1, 0.15) is 5.01 Å². The molecule has 2 radical (unpaired) electrons. The van der Waals surface area contributed by atoms with E-state index in [1.165, 1.54) is 23.5 Å². The summed E-state index contributed by atoms with van der Waals surface area (Å²) in [4.78, 5) is 12.9. The van der Waals surface area contributed by atoms with Crippen molar-refractivity contribution in [2.45, 2.75) is 6.61 Å². The summed E-state index contributed by atoms with van der Waals surface area (Å²) in [5.41, 5.74) is 1.74. The van der Waals surface area contributed by atoms with E-state index in [0.29, 0.717) is 35.0 Å². The van der Waals surface area contributed by atoms with E-state index in [-0.39, 0.29) is 5.82 Å². The van der Waals surface area contributed by atoms with Gasteiger partial charge in [0, 0.05) is 34.9 Å². The summed E-state index contributed by atoms with van der Waals surface area (Å²) in [6, 6.07) is 9.63. The molecule has 126 valence electrons. The minimum Gasteiger partial charge on any atom is -0.487 e. The van der Waals surface area contributed by atoms with Crippen LogP contribution in [0.5, 0.6) is 5.75 Å². The van der Waals surface area contributed by atoms with Crippen molar-refractivity contribution >= 4 is 47.2 Å². The van der Waals surface area contributed by atoms with Crippen molar-refractivity contribution in [3.05, 3.63) is 65.0 Å². The lowest BCUT2D eigenvalue weighted by Crippen LogP contribution is -2.10. The Labute approximate surface area is 154 Å². The molecule has 0 spiro atoms. The van der Waals surface area contributed by atoms with Gasteiger partial charge in [-0.25, -0.2) is 19.3 Å². The van der Waals surface area contributed by atoms with Crippen LogP contribution >= 0.6 is 11.3 Å². The zero-order valence-electron chi connectivity index (χ0n) is 13.5. The molecule has 0 aliphatic carbocycles. The van der Waals surface area contributed by atoms with Gasteiger partial charge in [-0.05, 0) is 18.2 Å². The summed E-state index contributed by atoms with van der Waals surface area (Å²) in [6.07, 6.45) is 3.38. The summed E-state index contributed by atoms with van der Waals surface area (Å²) in [6.45, 7) is 0.340. The first-order chi connectivity index (χ1) is 12.7. The average molecular weight is 362 g/mol. The van der Waals surface area contributed by atoms with Crippen LogP contribution in [0.2, 0.25) is 0 Å². The van der Waals surface area contributed by atoms with E-state index < -0.39 is 0 Å². The maximum absolute atomic E-state index is 13.3. The molecule has 0 unspecified atom stereocenters. The van der Waals surface area contributed by atoms with Gasteiger partial charge in [-0.1, -0.05) is 17.6 Å². The standard InChI is InChI=1S/C18H12BFN4OS/c19-14-6-11-9-22-18(23-13-3-1-2-12(20)7-13)24-15(11)8-16(14)25-10-17-21-4-5-26-17/h1-9H,10H2,(H,22,23,24). The number of hydrogen-bond donors (Lipinski definition) is 1. The van der Waals surface area contributed by atoms with Crippen molar-refractivity contribution in [3.8, 4) is 5.75 Å². The number of benzene rings is 2. The highest BCUT2D eigenvalue weighted by molar-refractivity contribution is 7.09. The minimum atomic E-state index is -0.332. The van der Waals surface area contributed by atoms with Crippen molar-refractivity contribution in [2.75, 3.05) is 5.32 Å². The van der Waals surface area contributed by atoms with Crippen LogP contribution < -0.4 is 15.5 Å².